The molecular weight excluding hydrogens is 532 g/mol. The number of benzene rings is 1. The van der Waals surface area contributed by atoms with Crippen LogP contribution in [0.15, 0.2) is 24.4 Å². The fraction of sp³-hybridized carbons (Fsp3) is 0.520. The van der Waals surface area contributed by atoms with Gasteiger partial charge in [-0.3, -0.25) is 9.59 Å². The van der Waals surface area contributed by atoms with Crippen molar-refractivity contribution in [3.8, 4) is 0 Å². The molecule has 8 nitrogen and oxygen atoms in total. The number of rotatable bonds is 4. The zero-order chi connectivity index (χ0) is 27.7. The van der Waals surface area contributed by atoms with Crippen LogP contribution in [-0.4, -0.2) is 63.3 Å². The van der Waals surface area contributed by atoms with Gasteiger partial charge < -0.3 is 19.9 Å². The fourth-order valence-electron chi connectivity index (χ4n) is 5.76. The minimum Gasteiger partial charge on any atom is -0.342 e. The summed E-state index contributed by atoms with van der Waals surface area (Å²) in [5, 5.41) is 1.86. The van der Waals surface area contributed by atoms with Gasteiger partial charge in [0.2, 0.25) is 5.95 Å². The first kappa shape index (κ1) is 25.8. The number of nitrogens with zero attached hydrogens (tertiary/aromatic N) is 4. The van der Waals surface area contributed by atoms with E-state index in [1.807, 2.05) is 5.32 Å². The van der Waals surface area contributed by atoms with Crippen LogP contribution in [0.5, 0.6) is 0 Å². The maximum absolute atomic E-state index is 14.3. The first-order chi connectivity index (χ1) is 18.4. The van der Waals surface area contributed by atoms with E-state index in [2.05, 4.69) is 9.97 Å². The molecule has 2 aromatic rings. The number of aromatic nitrogens is 2. The molecule has 1 saturated carbocycles. The number of ether oxygens (including phenoxy) is 1. The largest absolute Gasteiger partial charge is 0.411 e. The van der Waals surface area contributed by atoms with E-state index in [4.69, 9.17) is 4.74 Å². The molecule has 4 fully saturated rings. The van der Waals surface area contributed by atoms with Gasteiger partial charge in [0.25, 0.3) is 11.8 Å². The van der Waals surface area contributed by atoms with E-state index in [1.54, 1.807) is 4.90 Å². The van der Waals surface area contributed by atoms with Gasteiger partial charge in [0.1, 0.15) is 23.4 Å². The van der Waals surface area contributed by atoms with Crippen LogP contribution < -0.4 is 10.2 Å². The monoisotopic (exact) mass is 555 g/mol. The standard InChI is InChI=1S/C25H23F6N5O3/c26-14-9-13(10-15(27)11-14)17-1-2-18-36(17)21(38)23(39-18)5-7-35(8-6-23)22-32-12-16(28)19(33-22)20(37)34-24(3-4-24)25(29,30)31/h9-12,17-18H,1-8H2,(H,34,37)/t17-,18+/m0/s1. The molecule has 1 aliphatic carbocycles. The van der Waals surface area contributed by atoms with Crippen LogP contribution in [0.2, 0.25) is 0 Å². The van der Waals surface area contributed by atoms with Crippen LogP contribution in [-0.2, 0) is 9.53 Å². The molecule has 1 aromatic carbocycles. The minimum atomic E-state index is -4.67. The maximum Gasteiger partial charge on any atom is 0.411 e. The fourth-order valence-corrected chi connectivity index (χ4v) is 5.76. The molecule has 4 heterocycles. The highest BCUT2D eigenvalue weighted by Gasteiger charge is 2.64. The lowest BCUT2D eigenvalue weighted by Crippen LogP contribution is -2.51. The molecule has 3 aliphatic heterocycles. The molecule has 1 N–H and O–H groups in total. The van der Waals surface area contributed by atoms with E-state index in [9.17, 15) is 35.9 Å². The van der Waals surface area contributed by atoms with E-state index in [0.29, 0.717) is 18.4 Å². The van der Waals surface area contributed by atoms with Crippen LogP contribution in [0.25, 0.3) is 0 Å². The van der Waals surface area contributed by atoms with Crippen molar-refractivity contribution < 1.29 is 40.7 Å². The topological polar surface area (TPSA) is 87.7 Å². The van der Waals surface area contributed by atoms with Crippen molar-refractivity contribution >= 4 is 17.8 Å². The van der Waals surface area contributed by atoms with Gasteiger partial charge in [-0.05, 0) is 43.4 Å². The second-order valence-electron chi connectivity index (χ2n) is 10.5. The lowest BCUT2D eigenvalue weighted by molar-refractivity contribution is -0.163. The van der Waals surface area contributed by atoms with Crippen molar-refractivity contribution in [2.45, 2.75) is 68.1 Å². The first-order valence-electron chi connectivity index (χ1n) is 12.5. The van der Waals surface area contributed by atoms with Gasteiger partial charge in [-0.2, -0.15) is 13.2 Å². The molecule has 3 saturated heterocycles. The van der Waals surface area contributed by atoms with Gasteiger partial charge in [-0.15, -0.1) is 0 Å². The Morgan fingerprint density at radius 3 is 2.31 bits per heavy atom. The number of hydrogen-bond acceptors (Lipinski definition) is 6. The van der Waals surface area contributed by atoms with Crippen molar-refractivity contribution in [3.63, 3.8) is 0 Å². The average Bonchev–Trinajstić information content (AvgIpc) is 3.48. The number of piperidine rings is 1. The van der Waals surface area contributed by atoms with Crippen LogP contribution in [0, 0.1) is 17.5 Å². The highest BCUT2D eigenvalue weighted by atomic mass is 19.4. The number of nitrogens with one attached hydrogen (secondary N) is 1. The van der Waals surface area contributed by atoms with Crippen molar-refractivity contribution in [3.05, 3.63) is 53.1 Å². The number of fused-ring (bicyclic) bond motifs is 1. The van der Waals surface area contributed by atoms with Crippen LogP contribution in [0.3, 0.4) is 0 Å². The zero-order valence-corrected chi connectivity index (χ0v) is 20.4. The van der Waals surface area contributed by atoms with E-state index in [0.717, 1.165) is 12.3 Å². The molecule has 14 heteroatoms. The van der Waals surface area contributed by atoms with E-state index < -0.39 is 58.6 Å². The van der Waals surface area contributed by atoms with E-state index in [-0.39, 0.29) is 50.6 Å². The average molecular weight is 555 g/mol. The molecule has 6 rings (SSSR count). The van der Waals surface area contributed by atoms with Gasteiger partial charge in [0.15, 0.2) is 17.1 Å². The number of anilines is 1. The molecule has 208 valence electrons. The second-order valence-corrected chi connectivity index (χ2v) is 10.5. The molecular formula is C25H23F6N5O3. The Kier molecular flexibility index (Phi) is 5.83. The van der Waals surface area contributed by atoms with Gasteiger partial charge in [-0.1, -0.05) is 0 Å². The molecule has 2 amide bonds. The summed E-state index contributed by atoms with van der Waals surface area (Å²) in [7, 11) is 0. The summed E-state index contributed by atoms with van der Waals surface area (Å²) in [5.41, 5.74) is -3.99. The molecule has 1 aromatic heterocycles. The Bertz CT molecular complexity index is 1320. The van der Waals surface area contributed by atoms with Gasteiger partial charge >= 0.3 is 6.18 Å². The minimum absolute atomic E-state index is 0.0627. The third-order valence-electron chi connectivity index (χ3n) is 8.03. The lowest BCUT2D eigenvalue weighted by atomic mass is 9.89. The van der Waals surface area contributed by atoms with Crippen LogP contribution in [0.4, 0.5) is 32.3 Å². The van der Waals surface area contributed by atoms with E-state index >= 15 is 0 Å². The highest BCUT2D eigenvalue weighted by molar-refractivity contribution is 5.93. The number of carbonyl (C=O) groups excluding carboxylic acids is 2. The summed E-state index contributed by atoms with van der Waals surface area (Å²) in [6.45, 7) is 0.371. The Morgan fingerprint density at radius 2 is 1.69 bits per heavy atom. The molecule has 0 unspecified atom stereocenters. The van der Waals surface area contributed by atoms with Crippen LogP contribution in [0.1, 0.15) is 60.6 Å². The summed E-state index contributed by atoms with van der Waals surface area (Å²) in [5.74, 6) is -4.26. The van der Waals surface area contributed by atoms with Crippen LogP contribution >= 0.6 is 0 Å². The van der Waals surface area contributed by atoms with Gasteiger partial charge in [0, 0.05) is 32.0 Å². The van der Waals surface area contributed by atoms with Crippen molar-refractivity contribution in [2.24, 2.45) is 0 Å². The van der Waals surface area contributed by atoms with Crippen molar-refractivity contribution in [1.29, 1.82) is 0 Å². The predicted molar refractivity (Wildman–Crippen MR) is 122 cm³/mol. The number of amides is 2. The Morgan fingerprint density at radius 1 is 1.03 bits per heavy atom. The summed E-state index contributed by atoms with van der Waals surface area (Å²) in [4.78, 5) is 36.9. The Labute approximate surface area is 218 Å². The zero-order valence-electron chi connectivity index (χ0n) is 20.4. The molecule has 39 heavy (non-hydrogen) atoms. The van der Waals surface area contributed by atoms with Gasteiger partial charge in [-0.25, -0.2) is 23.1 Å². The smallest absolute Gasteiger partial charge is 0.342 e. The number of alkyl halides is 3. The normalized spacial score (nSPS) is 25.2. The molecule has 0 radical (unpaired) electrons. The summed E-state index contributed by atoms with van der Waals surface area (Å²) in [6.07, 6.45) is -3.68. The lowest BCUT2D eigenvalue weighted by Gasteiger charge is -2.37. The maximum atomic E-state index is 14.3. The van der Waals surface area contributed by atoms with E-state index in [1.165, 1.54) is 17.0 Å². The Balaban J connectivity index is 1.16. The van der Waals surface area contributed by atoms with Crippen molar-refractivity contribution in [2.75, 3.05) is 18.0 Å². The third kappa shape index (κ3) is 4.28. The molecule has 0 bridgehead atoms. The number of halogens is 6. The quantitative estimate of drug-likeness (QED) is 0.578. The predicted octanol–water partition coefficient (Wildman–Crippen LogP) is 3.78. The highest BCUT2D eigenvalue weighted by Crippen LogP contribution is 2.49. The summed E-state index contributed by atoms with van der Waals surface area (Å²) < 4.78 is 87.9. The number of carbonyl (C=O) groups is 2. The molecule has 4 aliphatic rings. The Hall–Kier alpha value is -3.42. The van der Waals surface area contributed by atoms with Crippen molar-refractivity contribution in [1.82, 2.24) is 20.2 Å². The first-order valence-corrected chi connectivity index (χ1v) is 12.5. The summed E-state index contributed by atoms with van der Waals surface area (Å²) in [6, 6.07) is 2.65. The molecule has 1 spiro atoms. The SMILES string of the molecule is O=C(NC1(C(F)(F)F)CC1)c1nc(N2CCC3(CC2)O[C@@H]2CC[C@@H](c4cc(F)cc(F)c4)N2C3=O)ncc1F. The summed E-state index contributed by atoms with van der Waals surface area (Å²) >= 11 is 0. The number of hydrogen-bond donors (Lipinski definition) is 1. The van der Waals surface area contributed by atoms with Gasteiger partial charge in [0.05, 0.1) is 12.2 Å². The third-order valence-corrected chi connectivity index (χ3v) is 8.03. The molecule has 2 atom stereocenters. The second kappa shape index (κ2) is 8.80.